The molecule has 120 valence electrons. The molecule has 0 fully saturated rings. The van der Waals surface area contributed by atoms with E-state index in [0.29, 0.717) is 19.7 Å². The lowest BCUT2D eigenvalue weighted by atomic mass is 10.1. The molecule has 0 saturated carbocycles. The van der Waals surface area contributed by atoms with Crippen LogP contribution in [0, 0.1) is 0 Å². The summed E-state index contributed by atoms with van der Waals surface area (Å²) in [6.07, 6.45) is 3.41. The molecule has 1 aromatic heterocycles. The fourth-order valence-electron chi connectivity index (χ4n) is 1.36. The van der Waals surface area contributed by atoms with Crippen molar-refractivity contribution < 1.29 is 9.47 Å². The van der Waals surface area contributed by atoms with E-state index in [1.807, 2.05) is 26.0 Å². The van der Waals surface area contributed by atoms with Gasteiger partial charge in [-0.15, -0.1) is 24.0 Å². The molecule has 1 heterocycles. The average Bonchev–Trinajstić information content (AvgIpc) is 2.47. The highest BCUT2D eigenvalue weighted by atomic mass is 127. The number of guanidine groups is 1. The molecule has 1 aromatic rings. The molecule has 0 aliphatic heterocycles. The van der Waals surface area contributed by atoms with Crippen molar-refractivity contribution in [3.63, 3.8) is 0 Å². The van der Waals surface area contributed by atoms with E-state index in [2.05, 4.69) is 20.6 Å². The third-order valence-corrected chi connectivity index (χ3v) is 2.76. The lowest BCUT2D eigenvalue weighted by molar-refractivity contribution is 0.0268. The molecular weight excluding hydrogens is 383 g/mol. The van der Waals surface area contributed by atoms with Crippen molar-refractivity contribution in [1.29, 1.82) is 0 Å². The second kappa shape index (κ2) is 10.6. The molecule has 0 radical (unpaired) electrons. The molecule has 0 unspecified atom stereocenters. The maximum Gasteiger partial charge on any atom is 0.191 e. The Labute approximate surface area is 143 Å². The van der Waals surface area contributed by atoms with Gasteiger partial charge in [-0.2, -0.15) is 0 Å². The van der Waals surface area contributed by atoms with Gasteiger partial charge < -0.3 is 20.1 Å². The van der Waals surface area contributed by atoms with Gasteiger partial charge in [-0.1, -0.05) is 0 Å². The van der Waals surface area contributed by atoms with Crippen molar-refractivity contribution >= 4 is 29.9 Å². The highest BCUT2D eigenvalue weighted by Crippen LogP contribution is 2.05. The van der Waals surface area contributed by atoms with Crippen LogP contribution >= 0.6 is 24.0 Å². The molecule has 7 heteroatoms. The molecule has 0 bridgehead atoms. The zero-order valence-electron chi connectivity index (χ0n) is 13.0. The Kier molecular flexibility index (Phi) is 10.1. The van der Waals surface area contributed by atoms with Crippen LogP contribution in [-0.2, 0) is 4.74 Å². The van der Waals surface area contributed by atoms with Crippen molar-refractivity contribution in [3.05, 3.63) is 24.5 Å². The maximum atomic E-state index is 5.54. The zero-order chi connectivity index (χ0) is 14.8. The molecule has 0 saturated heterocycles. The molecule has 2 N–H and O–H groups in total. The van der Waals surface area contributed by atoms with Gasteiger partial charge in [0.25, 0.3) is 0 Å². The van der Waals surface area contributed by atoms with E-state index in [-0.39, 0.29) is 29.6 Å². The summed E-state index contributed by atoms with van der Waals surface area (Å²) in [6.45, 7) is 5.90. The Hall–Kier alpha value is -1.09. The van der Waals surface area contributed by atoms with Gasteiger partial charge in [0.1, 0.15) is 12.4 Å². The summed E-state index contributed by atoms with van der Waals surface area (Å²) in [5, 5.41) is 6.38. The Bertz CT molecular complexity index is 413. The summed E-state index contributed by atoms with van der Waals surface area (Å²) in [6, 6.07) is 3.72. The van der Waals surface area contributed by atoms with E-state index in [1.54, 1.807) is 26.6 Å². The lowest BCUT2D eigenvalue weighted by Gasteiger charge is -2.24. The number of aromatic nitrogens is 1. The van der Waals surface area contributed by atoms with E-state index < -0.39 is 0 Å². The smallest absolute Gasteiger partial charge is 0.191 e. The minimum atomic E-state index is -0.232. The highest BCUT2D eigenvalue weighted by molar-refractivity contribution is 14.0. The third-order valence-electron chi connectivity index (χ3n) is 2.76. The summed E-state index contributed by atoms with van der Waals surface area (Å²) < 4.78 is 10.9. The van der Waals surface area contributed by atoms with E-state index >= 15 is 0 Å². The van der Waals surface area contributed by atoms with E-state index in [0.717, 1.165) is 11.7 Å². The lowest BCUT2D eigenvalue weighted by Crippen LogP contribution is -2.46. The standard InChI is InChI=1S/C14H24N4O2.HI/c1-14(2,19-4)11-18-13(15-3)17-8-9-20-12-6-5-7-16-10-12;/h5-7,10H,8-9,11H2,1-4H3,(H2,15,17,18);1H. The quantitative estimate of drug-likeness (QED) is 0.311. The monoisotopic (exact) mass is 408 g/mol. The van der Waals surface area contributed by atoms with E-state index in [4.69, 9.17) is 9.47 Å². The minimum Gasteiger partial charge on any atom is -0.490 e. The molecule has 0 spiro atoms. The second-order valence-electron chi connectivity index (χ2n) is 4.85. The number of hydrogen-bond acceptors (Lipinski definition) is 4. The Morgan fingerprint density at radius 1 is 1.38 bits per heavy atom. The molecule has 0 aromatic carbocycles. The van der Waals surface area contributed by atoms with Gasteiger partial charge >= 0.3 is 0 Å². The van der Waals surface area contributed by atoms with Gasteiger partial charge in [0.2, 0.25) is 0 Å². The summed E-state index contributed by atoms with van der Waals surface area (Å²) in [7, 11) is 3.43. The number of halogens is 1. The number of methoxy groups -OCH3 is 1. The highest BCUT2D eigenvalue weighted by Gasteiger charge is 2.16. The molecule has 6 nitrogen and oxygen atoms in total. The summed E-state index contributed by atoms with van der Waals surface area (Å²) in [5.74, 6) is 1.49. The van der Waals surface area contributed by atoms with Crippen LogP contribution in [0.3, 0.4) is 0 Å². The SMILES string of the molecule is CN=C(NCCOc1cccnc1)NCC(C)(C)OC.I. The van der Waals surface area contributed by atoms with Crippen LogP contribution < -0.4 is 15.4 Å². The van der Waals surface area contributed by atoms with Crippen molar-refractivity contribution in [1.82, 2.24) is 15.6 Å². The van der Waals surface area contributed by atoms with Gasteiger partial charge in [0, 0.05) is 26.9 Å². The topological polar surface area (TPSA) is 67.8 Å². The van der Waals surface area contributed by atoms with Gasteiger partial charge in [0.05, 0.1) is 18.3 Å². The fourth-order valence-corrected chi connectivity index (χ4v) is 1.36. The van der Waals surface area contributed by atoms with Gasteiger partial charge in [-0.05, 0) is 26.0 Å². The van der Waals surface area contributed by atoms with Gasteiger partial charge in [0.15, 0.2) is 5.96 Å². The number of nitrogens with zero attached hydrogens (tertiary/aromatic N) is 2. The average molecular weight is 408 g/mol. The molecule has 0 aliphatic carbocycles. The van der Waals surface area contributed by atoms with Crippen LogP contribution in [0.2, 0.25) is 0 Å². The van der Waals surface area contributed by atoms with Crippen LogP contribution in [0.15, 0.2) is 29.5 Å². The summed E-state index contributed by atoms with van der Waals surface area (Å²) in [5.41, 5.74) is -0.232. The largest absolute Gasteiger partial charge is 0.490 e. The Morgan fingerprint density at radius 2 is 2.14 bits per heavy atom. The predicted octanol–water partition coefficient (Wildman–Crippen LogP) is 1.67. The molecule has 0 atom stereocenters. The van der Waals surface area contributed by atoms with Crippen molar-refractivity contribution in [2.45, 2.75) is 19.4 Å². The van der Waals surface area contributed by atoms with Crippen molar-refractivity contribution in [3.8, 4) is 5.75 Å². The number of ether oxygens (including phenoxy) is 2. The Balaban J connectivity index is 0.00000400. The van der Waals surface area contributed by atoms with Gasteiger partial charge in [-0.25, -0.2) is 0 Å². The molecular formula is C14H25IN4O2. The number of aliphatic imine (C=N–C) groups is 1. The molecule has 21 heavy (non-hydrogen) atoms. The Morgan fingerprint density at radius 3 is 2.71 bits per heavy atom. The second-order valence-corrected chi connectivity index (χ2v) is 4.85. The van der Waals surface area contributed by atoms with Crippen LogP contribution in [0.4, 0.5) is 0 Å². The zero-order valence-corrected chi connectivity index (χ0v) is 15.4. The van der Waals surface area contributed by atoms with Gasteiger partial charge in [-0.3, -0.25) is 9.98 Å². The first-order valence-electron chi connectivity index (χ1n) is 6.60. The molecule has 0 aliphatic rings. The first-order valence-corrected chi connectivity index (χ1v) is 6.60. The fraction of sp³-hybridized carbons (Fsp3) is 0.571. The normalized spacial score (nSPS) is 11.5. The minimum absolute atomic E-state index is 0. The number of pyridine rings is 1. The van der Waals surface area contributed by atoms with Crippen molar-refractivity contribution in [2.75, 3.05) is 33.9 Å². The van der Waals surface area contributed by atoms with Crippen LogP contribution in [-0.4, -0.2) is 50.4 Å². The first-order chi connectivity index (χ1) is 9.57. The number of nitrogens with one attached hydrogen (secondary N) is 2. The van der Waals surface area contributed by atoms with E-state index in [9.17, 15) is 0 Å². The summed E-state index contributed by atoms with van der Waals surface area (Å²) >= 11 is 0. The van der Waals surface area contributed by atoms with Crippen LogP contribution in [0.25, 0.3) is 0 Å². The van der Waals surface area contributed by atoms with Crippen LogP contribution in [0.1, 0.15) is 13.8 Å². The van der Waals surface area contributed by atoms with Crippen molar-refractivity contribution in [2.24, 2.45) is 4.99 Å². The number of hydrogen-bond donors (Lipinski definition) is 2. The maximum absolute atomic E-state index is 5.54. The molecule has 0 amide bonds. The summed E-state index contributed by atoms with van der Waals surface area (Å²) in [4.78, 5) is 8.13. The number of rotatable bonds is 7. The predicted molar refractivity (Wildman–Crippen MR) is 95.6 cm³/mol. The molecule has 1 rings (SSSR count). The van der Waals surface area contributed by atoms with E-state index in [1.165, 1.54) is 0 Å². The first kappa shape index (κ1) is 19.9. The van der Waals surface area contributed by atoms with Crippen LogP contribution in [0.5, 0.6) is 5.75 Å². The third kappa shape index (κ3) is 8.71.